The molecule has 1 aromatic heterocycles. The molecular weight excluding hydrogens is 276 g/mol. The Labute approximate surface area is 128 Å². The maximum atomic E-state index is 11.5. The average Bonchev–Trinajstić information content (AvgIpc) is 2.69. The van der Waals surface area contributed by atoms with Gasteiger partial charge in [-0.25, -0.2) is 0 Å². The molecule has 22 heavy (non-hydrogen) atoms. The van der Waals surface area contributed by atoms with Gasteiger partial charge in [0.05, 0.1) is 16.2 Å². The van der Waals surface area contributed by atoms with Gasteiger partial charge < -0.3 is 4.57 Å². The topological polar surface area (TPSA) is 48.1 Å². The van der Waals surface area contributed by atoms with E-state index in [9.17, 15) is 10.1 Å². The molecule has 3 aromatic rings. The first kappa shape index (κ1) is 13.1. The van der Waals surface area contributed by atoms with Crippen LogP contribution in [0.2, 0.25) is 0 Å². The molecule has 4 heteroatoms. The summed E-state index contributed by atoms with van der Waals surface area (Å²) in [5.74, 6) is 0. The number of aromatic nitrogens is 1. The summed E-state index contributed by atoms with van der Waals surface area (Å²) in [6.07, 6.45) is 2.87. The fourth-order valence-corrected chi connectivity index (χ4v) is 3.72. The van der Waals surface area contributed by atoms with Crippen LogP contribution in [0.4, 0.5) is 5.69 Å². The van der Waals surface area contributed by atoms with Crippen LogP contribution in [0.25, 0.3) is 22.2 Å². The molecule has 1 aliphatic carbocycles. The lowest BCUT2D eigenvalue weighted by atomic mass is 10.00. The fourth-order valence-electron chi connectivity index (χ4n) is 3.72. The Morgan fingerprint density at radius 2 is 1.91 bits per heavy atom. The number of aryl methyl sites for hydroxylation is 3. The summed E-state index contributed by atoms with van der Waals surface area (Å²) in [6.45, 7) is 0. The van der Waals surface area contributed by atoms with Crippen molar-refractivity contribution in [2.45, 2.75) is 19.3 Å². The lowest BCUT2D eigenvalue weighted by molar-refractivity contribution is -0.384. The third-order valence-electron chi connectivity index (χ3n) is 4.65. The maximum Gasteiger partial charge on any atom is 0.278 e. The first-order valence-corrected chi connectivity index (χ1v) is 7.51. The molecule has 0 bridgehead atoms. The van der Waals surface area contributed by atoms with Gasteiger partial charge >= 0.3 is 0 Å². The molecule has 0 saturated heterocycles. The highest BCUT2D eigenvalue weighted by Crippen LogP contribution is 2.42. The van der Waals surface area contributed by atoms with Crippen LogP contribution in [0.15, 0.2) is 42.5 Å². The summed E-state index contributed by atoms with van der Waals surface area (Å²) < 4.78 is 2.11. The number of hydrogen-bond donors (Lipinski definition) is 0. The normalized spacial score (nSPS) is 13.5. The molecule has 0 amide bonds. The monoisotopic (exact) mass is 292 g/mol. The van der Waals surface area contributed by atoms with E-state index in [1.165, 1.54) is 10.9 Å². The first-order chi connectivity index (χ1) is 10.7. The predicted molar refractivity (Wildman–Crippen MR) is 87.0 cm³/mol. The van der Waals surface area contributed by atoms with Gasteiger partial charge in [-0.3, -0.25) is 10.1 Å². The molecule has 0 atom stereocenters. The van der Waals surface area contributed by atoms with E-state index in [2.05, 4.69) is 16.7 Å². The Morgan fingerprint density at radius 1 is 1.09 bits per heavy atom. The summed E-state index contributed by atoms with van der Waals surface area (Å²) in [4.78, 5) is 11.3. The van der Waals surface area contributed by atoms with Crippen molar-refractivity contribution in [1.29, 1.82) is 0 Å². The molecule has 110 valence electrons. The molecule has 0 fully saturated rings. The molecular formula is C18H16N2O2. The number of hydrogen-bond acceptors (Lipinski definition) is 2. The van der Waals surface area contributed by atoms with Crippen LogP contribution in [0.1, 0.15) is 17.5 Å². The third-order valence-corrected chi connectivity index (χ3v) is 4.65. The Hall–Kier alpha value is -2.62. The highest BCUT2D eigenvalue weighted by molar-refractivity contribution is 5.94. The molecule has 4 nitrogen and oxygen atoms in total. The van der Waals surface area contributed by atoms with Gasteiger partial charge in [-0.15, -0.1) is 0 Å². The van der Waals surface area contributed by atoms with E-state index in [4.69, 9.17) is 0 Å². The van der Waals surface area contributed by atoms with Gasteiger partial charge in [0, 0.05) is 24.0 Å². The van der Waals surface area contributed by atoms with Crippen LogP contribution in [0, 0.1) is 10.1 Å². The Morgan fingerprint density at radius 3 is 2.73 bits per heavy atom. The Bertz CT molecular complexity index is 909. The minimum absolute atomic E-state index is 0.214. The van der Waals surface area contributed by atoms with E-state index in [0.717, 1.165) is 41.6 Å². The van der Waals surface area contributed by atoms with Crippen LogP contribution in [-0.2, 0) is 19.9 Å². The lowest BCUT2D eigenvalue weighted by Crippen LogP contribution is -2.00. The van der Waals surface area contributed by atoms with Crippen molar-refractivity contribution < 1.29 is 4.92 Å². The number of para-hydroxylation sites is 1. The van der Waals surface area contributed by atoms with Crippen LogP contribution >= 0.6 is 0 Å². The Balaban J connectivity index is 2.17. The number of nitrogens with zero attached hydrogens (tertiary/aromatic N) is 2. The molecule has 0 aliphatic heterocycles. The maximum absolute atomic E-state index is 11.5. The third kappa shape index (κ3) is 1.70. The average molecular weight is 292 g/mol. The van der Waals surface area contributed by atoms with E-state index >= 15 is 0 Å². The second kappa shape index (κ2) is 4.70. The Kier molecular flexibility index (Phi) is 2.79. The molecule has 0 unspecified atom stereocenters. The second-order valence-electron chi connectivity index (χ2n) is 5.83. The van der Waals surface area contributed by atoms with Gasteiger partial charge in [-0.1, -0.05) is 30.3 Å². The standard InChI is InChI=1S/C18H16N2O2/c1-19-15-10-3-2-8-13(15)14-9-4-6-12-7-5-11-16(20(21)22)17(12)18(14)19/h2-3,5,7-8,10-11H,4,6,9H2,1H3. The van der Waals surface area contributed by atoms with Crippen LogP contribution in [0.3, 0.4) is 0 Å². The molecule has 0 radical (unpaired) electrons. The number of nitro groups is 1. The highest BCUT2D eigenvalue weighted by atomic mass is 16.6. The van der Waals surface area contributed by atoms with Crippen molar-refractivity contribution in [3.05, 3.63) is 63.7 Å². The van der Waals surface area contributed by atoms with Crippen molar-refractivity contribution in [3.63, 3.8) is 0 Å². The van der Waals surface area contributed by atoms with Crippen molar-refractivity contribution in [2.75, 3.05) is 0 Å². The summed E-state index contributed by atoms with van der Waals surface area (Å²) in [7, 11) is 2.01. The minimum atomic E-state index is -0.258. The molecule has 0 N–H and O–H groups in total. The van der Waals surface area contributed by atoms with Crippen LogP contribution < -0.4 is 0 Å². The zero-order valence-electron chi connectivity index (χ0n) is 12.4. The minimum Gasteiger partial charge on any atom is -0.343 e. The lowest BCUT2D eigenvalue weighted by Gasteiger charge is -2.10. The quantitative estimate of drug-likeness (QED) is 0.497. The zero-order chi connectivity index (χ0) is 15.3. The van der Waals surface area contributed by atoms with Gasteiger partial charge in [0.1, 0.15) is 0 Å². The van der Waals surface area contributed by atoms with Crippen molar-refractivity contribution in [3.8, 4) is 11.3 Å². The van der Waals surface area contributed by atoms with Crippen molar-refractivity contribution in [2.24, 2.45) is 7.05 Å². The zero-order valence-corrected chi connectivity index (χ0v) is 12.4. The van der Waals surface area contributed by atoms with Crippen LogP contribution in [-0.4, -0.2) is 9.49 Å². The van der Waals surface area contributed by atoms with E-state index < -0.39 is 0 Å². The van der Waals surface area contributed by atoms with E-state index in [1.807, 2.05) is 25.2 Å². The molecule has 4 rings (SSSR count). The largest absolute Gasteiger partial charge is 0.343 e. The molecule has 1 heterocycles. The highest BCUT2D eigenvalue weighted by Gasteiger charge is 2.27. The summed E-state index contributed by atoms with van der Waals surface area (Å²) in [5.41, 5.74) is 5.50. The van der Waals surface area contributed by atoms with Crippen molar-refractivity contribution in [1.82, 2.24) is 4.57 Å². The number of nitro benzene ring substituents is 1. The molecule has 2 aromatic carbocycles. The van der Waals surface area contributed by atoms with Gasteiger partial charge in [0.2, 0.25) is 0 Å². The number of benzene rings is 2. The molecule has 1 aliphatic rings. The van der Waals surface area contributed by atoms with Crippen LogP contribution in [0.5, 0.6) is 0 Å². The van der Waals surface area contributed by atoms with E-state index in [0.29, 0.717) is 0 Å². The van der Waals surface area contributed by atoms with E-state index in [-0.39, 0.29) is 10.6 Å². The smallest absolute Gasteiger partial charge is 0.278 e. The van der Waals surface area contributed by atoms with Gasteiger partial charge in [-0.2, -0.15) is 0 Å². The van der Waals surface area contributed by atoms with Gasteiger partial charge in [-0.05, 0) is 36.5 Å². The fraction of sp³-hybridized carbons (Fsp3) is 0.222. The summed E-state index contributed by atoms with van der Waals surface area (Å²) in [6, 6.07) is 13.7. The second-order valence-corrected chi connectivity index (χ2v) is 5.83. The first-order valence-electron chi connectivity index (χ1n) is 7.51. The molecule has 0 spiro atoms. The van der Waals surface area contributed by atoms with Crippen molar-refractivity contribution >= 4 is 16.6 Å². The predicted octanol–water partition coefficient (Wildman–Crippen LogP) is 4.24. The SMILES string of the molecule is Cn1c2c(c3ccccc31)CCCc1cccc([N+](=O)[O-])c1-2. The van der Waals surface area contributed by atoms with Gasteiger partial charge in [0.25, 0.3) is 5.69 Å². The molecule has 0 saturated carbocycles. The number of fused-ring (bicyclic) bond motifs is 5. The number of rotatable bonds is 1. The summed E-state index contributed by atoms with van der Waals surface area (Å²) >= 11 is 0. The van der Waals surface area contributed by atoms with Gasteiger partial charge in [0.15, 0.2) is 0 Å². The van der Waals surface area contributed by atoms with E-state index in [1.54, 1.807) is 12.1 Å². The summed E-state index contributed by atoms with van der Waals surface area (Å²) in [5, 5.41) is 12.7.